The van der Waals surface area contributed by atoms with Crippen molar-refractivity contribution in [1.82, 2.24) is 9.55 Å². The zero-order valence-electron chi connectivity index (χ0n) is 11.3. The lowest BCUT2D eigenvalue weighted by Gasteiger charge is -2.25. The molecule has 0 saturated heterocycles. The summed E-state index contributed by atoms with van der Waals surface area (Å²) in [6, 6.07) is 11.3. The van der Waals surface area contributed by atoms with E-state index in [1.807, 2.05) is 12.5 Å². The minimum atomic E-state index is 0.507. The van der Waals surface area contributed by atoms with E-state index in [-0.39, 0.29) is 0 Å². The SMILES string of the molecule is CCCC(Cc1ccccc1)C(C)n1ccnc1. The van der Waals surface area contributed by atoms with Crippen molar-refractivity contribution in [2.45, 2.75) is 39.2 Å². The third-order valence-corrected chi connectivity index (χ3v) is 3.68. The van der Waals surface area contributed by atoms with E-state index in [1.54, 1.807) is 0 Å². The summed E-state index contributed by atoms with van der Waals surface area (Å²) in [6.07, 6.45) is 9.50. The molecule has 2 atom stereocenters. The van der Waals surface area contributed by atoms with Crippen molar-refractivity contribution in [3.63, 3.8) is 0 Å². The maximum atomic E-state index is 4.16. The van der Waals surface area contributed by atoms with E-state index < -0.39 is 0 Å². The number of imidazole rings is 1. The number of nitrogens with zero attached hydrogens (tertiary/aromatic N) is 2. The van der Waals surface area contributed by atoms with E-state index >= 15 is 0 Å². The fraction of sp³-hybridized carbons (Fsp3) is 0.438. The van der Waals surface area contributed by atoms with Crippen LogP contribution >= 0.6 is 0 Å². The zero-order chi connectivity index (χ0) is 12.8. The average Bonchev–Trinajstić information content (AvgIpc) is 2.92. The van der Waals surface area contributed by atoms with E-state index in [2.05, 4.69) is 59.9 Å². The van der Waals surface area contributed by atoms with Crippen molar-refractivity contribution in [2.24, 2.45) is 5.92 Å². The molecule has 1 heterocycles. The van der Waals surface area contributed by atoms with Gasteiger partial charge in [0.05, 0.1) is 6.33 Å². The van der Waals surface area contributed by atoms with Crippen molar-refractivity contribution >= 4 is 0 Å². The van der Waals surface area contributed by atoms with Crippen LogP contribution in [0.25, 0.3) is 0 Å². The quantitative estimate of drug-likeness (QED) is 0.745. The van der Waals surface area contributed by atoms with E-state index in [9.17, 15) is 0 Å². The molecule has 2 rings (SSSR count). The number of hydrogen-bond donors (Lipinski definition) is 0. The molecule has 0 saturated carbocycles. The lowest BCUT2D eigenvalue weighted by Crippen LogP contribution is -2.18. The Morgan fingerprint density at radius 1 is 1.22 bits per heavy atom. The predicted octanol–water partition coefficient (Wildman–Crippen LogP) is 4.10. The number of benzene rings is 1. The summed E-state index contributed by atoms with van der Waals surface area (Å²) >= 11 is 0. The molecule has 0 spiro atoms. The fourth-order valence-electron chi connectivity index (χ4n) is 2.56. The molecule has 18 heavy (non-hydrogen) atoms. The largest absolute Gasteiger partial charge is 0.334 e. The first-order chi connectivity index (χ1) is 8.81. The van der Waals surface area contributed by atoms with Gasteiger partial charge in [0.15, 0.2) is 0 Å². The zero-order valence-corrected chi connectivity index (χ0v) is 11.3. The number of aromatic nitrogens is 2. The summed E-state index contributed by atoms with van der Waals surface area (Å²) in [6.45, 7) is 4.56. The maximum absolute atomic E-state index is 4.16. The summed E-state index contributed by atoms with van der Waals surface area (Å²) in [4.78, 5) is 4.16. The molecule has 0 N–H and O–H groups in total. The van der Waals surface area contributed by atoms with Gasteiger partial charge in [-0.05, 0) is 31.2 Å². The van der Waals surface area contributed by atoms with Gasteiger partial charge < -0.3 is 4.57 Å². The standard InChI is InChI=1S/C16H22N2/c1-3-7-16(12-15-8-5-4-6-9-15)14(2)18-11-10-17-13-18/h4-6,8-11,13-14,16H,3,7,12H2,1-2H3. The topological polar surface area (TPSA) is 17.8 Å². The fourth-order valence-corrected chi connectivity index (χ4v) is 2.56. The van der Waals surface area contributed by atoms with Gasteiger partial charge in [-0.2, -0.15) is 0 Å². The van der Waals surface area contributed by atoms with Crippen LogP contribution in [0.3, 0.4) is 0 Å². The summed E-state index contributed by atoms with van der Waals surface area (Å²) in [5.74, 6) is 0.673. The van der Waals surface area contributed by atoms with Crippen LogP contribution in [0.1, 0.15) is 38.3 Å². The Labute approximate surface area is 110 Å². The van der Waals surface area contributed by atoms with Gasteiger partial charge in [-0.1, -0.05) is 43.7 Å². The van der Waals surface area contributed by atoms with Crippen molar-refractivity contribution in [3.05, 3.63) is 54.6 Å². The Morgan fingerprint density at radius 3 is 2.61 bits per heavy atom. The monoisotopic (exact) mass is 242 g/mol. The number of hydrogen-bond acceptors (Lipinski definition) is 1. The number of rotatable bonds is 6. The highest BCUT2D eigenvalue weighted by molar-refractivity contribution is 5.15. The van der Waals surface area contributed by atoms with Crippen LogP contribution in [-0.4, -0.2) is 9.55 Å². The molecule has 1 aromatic carbocycles. The lowest BCUT2D eigenvalue weighted by atomic mass is 9.89. The van der Waals surface area contributed by atoms with E-state index in [1.165, 1.54) is 18.4 Å². The first-order valence-electron chi connectivity index (χ1n) is 6.82. The van der Waals surface area contributed by atoms with Crippen LogP contribution in [0.2, 0.25) is 0 Å². The molecule has 0 aliphatic heterocycles. The second kappa shape index (κ2) is 6.39. The van der Waals surface area contributed by atoms with Crippen LogP contribution in [0.15, 0.2) is 49.1 Å². The molecule has 0 bridgehead atoms. The highest BCUT2D eigenvalue weighted by Crippen LogP contribution is 2.26. The Balaban J connectivity index is 2.08. The normalized spacial score (nSPS) is 14.3. The molecule has 0 amide bonds. The summed E-state index contributed by atoms with van der Waals surface area (Å²) < 4.78 is 2.23. The van der Waals surface area contributed by atoms with Crippen molar-refractivity contribution < 1.29 is 0 Å². The molecule has 2 heteroatoms. The first kappa shape index (κ1) is 12.9. The lowest BCUT2D eigenvalue weighted by molar-refractivity contribution is 0.327. The molecule has 96 valence electrons. The molecular weight excluding hydrogens is 220 g/mol. The molecule has 0 aliphatic carbocycles. The molecule has 0 aliphatic rings. The third-order valence-electron chi connectivity index (χ3n) is 3.68. The molecule has 2 nitrogen and oxygen atoms in total. The highest BCUT2D eigenvalue weighted by Gasteiger charge is 2.18. The van der Waals surface area contributed by atoms with Gasteiger partial charge in [-0.25, -0.2) is 4.98 Å². The van der Waals surface area contributed by atoms with Gasteiger partial charge in [0.2, 0.25) is 0 Å². The van der Waals surface area contributed by atoms with Gasteiger partial charge in [0.1, 0.15) is 0 Å². The first-order valence-corrected chi connectivity index (χ1v) is 6.82. The molecule has 0 fully saturated rings. The van der Waals surface area contributed by atoms with Gasteiger partial charge in [0, 0.05) is 18.4 Å². The Bertz CT molecular complexity index is 433. The Hall–Kier alpha value is -1.57. The van der Waals surface area contributed by atoms with Gasteiger partial charge in [0.25, 0.3) is 0 Å². The molecule has 2 aromatic rings. The Kier molecular flexibility index (Phi) is 4.57. The van der Waals surface area contributed by atoms with Crippen LogP contribution in [0.4, 0.5) is 0 Å². The van der Waals surface area contributed by atoms with Crippen molar-refractivity contribution in [3.8, 4) is 0 Å². The second-order valence-corrected chi connectivity index (χ2v) is 4.99. The van der Waals surface area contributed by atoms with E-state index in [0.29, 0.717) is 12.0 Å². The minimum absolute atomic E-state index is 0.507. The van der Waals surface area contributed by atoms with Gasteiger partial charge in [-0.3, -0.25) is 0 Å². The molecule has 0 radical (unpaired) electrons. The van der Waals surface area contributed by atoms with Gasteiger partial charge in [-0.15, -0.1) is 0 Å². The minimum Gasteiger partial charge on any atom is -0.334 e. The Morgan fingerprint density at radius 2 is 2.00 bits per heavy atom. The van der Waals surface area contributed by atoms with Crippen LogP contribution < -0.4 is 0 Å². The average molecular weight is 242 g/mol. The van der Waals surface area contributed by atoms with Crippen LogP contribution in [0, 0.1) is 5.92 Å². The van der Waals surface area contributed by atoms with Crippen molar-refractivity contribution in [2.75, 3.05) is 0 Å². The van der Waals surface area contributed by atoms with Crippen LogP contribution in [-0.2, 0) is 6.42 Å². The third kappa shape index (κ3) is 3.22. The van der Waals surface area contributed by atoms with E-state index in [4.69, 9.17) is 0 Å². The summed E-state index contributed by atoms with van der Waals surface area (Å²) in [7, 11) is 0. The van der Waals surface area contributed by atoms with Crippen molar-refractivity contribution in [1.29, 1.82) is 0 Å². The highest BCUT2D eigenvalue weighted by atomic mass is 15.0. The smallest absolute Gasteiger partial charge is 0.0948 e. The molecular formula is C16H22N2. The summed E-state index contributed by atoms with van der Waals surface area (Å²) in [5.41, 5.74) is 1.43. The van der Waals surface area contributed by atoms with Gasteiger partial charge >= 0.3 is 0 Å². The molecule has 1 aromatic heterocycles. The predicted molar refractivity (Wildman–Crippen MR) is 75.5 cm³/mol. The maximum Gasteiger partial charge on any atom is 0.0948 e. The second-order valence-electron chi connectivity index (χ2n) is 4.99. The van der Waals surface area contributed by atoms with Crippen LogP contribution in [0.5, 0.6) is 0 Å². The van der Waals surface area contributed by atoms with E-state index in [0.717, 1.165) is 6.42 Å². The summed E-state index contributed by atoms with van der Waals surface area (Å²) in [5, 5.41) is 0. The molecule has 2 unspecified atom stereocenters.